The second kappa shape index (κ2) is 7.79. The van der Waals surface area contributed by atoms with Crippen LogP contribution < -0.4 is 10.6 Å². The van der Waals surface area contributed by atoms with E-state index >= 15 is 0 Å². The summed E-state index contributed by atoms with van der Waals surface area (Å²) in [4.78, 5) is 24.0. The third kappa shape index (κ3) is 4.57. The Morgan fingerprint density at radius 2 is 1.74 bits per heavy atom. The maximum absolute atomic E-state index is 12.1. The molecule has 4 nitrogen and oxygen atoms in total. The summed E-state index contributed by atoms with van der Waals surface area (Å²) in [5.41, 5.74) is 3.52. The topological polar surface area (TPSA) is 58.2 Å². The molecule has 0 radical (unpaired) electrons. The quantitative estimate of drug-likeness (QED) is 0.843. The van der Waals surface area contributed by atoms with Crippen LogP contribution in [-0.4, -0.2) is 11.8 Å². The molecule has 0 atom stereocenters. The SMILES string of the molecule is CCc1cccc(C)c1NC(=O)C(=O)NCc1ccc(Cl)cc1. The Morgan fingerprint density at radius 3 is 2.39 bits per heavy atom. The molecule has 0 aliphatic carbocycles. The smallest absolute Gasteiger partial charge is 0.313 e. The highest BCUT2D eigenvalue weighted by atomic mass is 35.5. The highest BCUT2D eigenvalue weighted by Crippen LogP contribution is 2.20. The van der Waals surface area contributed by atoms with Gasteiger partial charge in [-0.15, -0.1) is 0 Å². The summed E-state index contributed by atoms with van der Waals surface area (Å²) < 4.78 is 0. The molecular formula is C18H19ClN2O2. The summed E-state index contributed by atoms with van der Waals surface area (Å²) in [7, 11) is 0. The van der Waals surface area contributed by atoms with Crippen LogP contribution in [0.2, 0.25) is 5.02 Å². The van der Waals surface area contributed by atoms with Gasteiger partial charge < -0.3 is 10.6 Å². The molecule has 5 heteroatoms. The van der Waals surface area contributed by atoms with Gasteiger partial charge in [-0.1, -0.05) is 48.9 Å². The van der Waals surface area contributed by atoms with Gasteiger partial charge in [0.15, 0.2) is 0 Å². The van der Waals surface area contributed by atoms with Gasteiger partial charge in [-0.25, -0.2) is 0 Å². The maximum Gasteiger partial charge on any atom is 0.313 e. The van der Waals surface area contributed by atoms with Crippen molar-refractivity contribution in [2.75, 3.05) is 5.32 Å². The fourth-order valence-corrected chi connectivity index (χ4v) is 2.36. The van der Waals surface area contributed by atoms with Crippen molar-refractivity contribution in [3.8, 4) is 0 Å². The fraction of sp³-hybridized carbons (Fsp3) is 0.222. The van der Waals surface area contributed by atoms with E-state index in [0.717, 1.165) is 23.1 Å². The predicted molar refractivity (Wildman–Crippen MR) is 92.5 cm³/mol. The molecule has 0 aliphatic heterocycles. The van der Waals surface area contributed by atoms with E-state index in [2.05, 4.69) is 10.6 Å². The average molecular weight is 331 g/mol. The number of carbonyl (C=O) groups is 2. The molecular weight excluding hydrogens is 312 g/mol. The van der Waals surface area contributed by atoms with E-state index in [4.69, 9.17) is 11.6 Å². The van der Waals surface area contributed by atoms with E-state index in [1.807, 2.05) is 32.0 Å². The highest BCUT2D eigenvalue weighted by Gasteiger charge is 2.15. The Morgan fingerprint density at radius 1 is 1.04 bits per heavy atom. The van der Waals surface area contributed by atoms with Gasteiger partial charge >= 0.3 is 11.8 Å². The number of anilines is 1. The van der Waals surface area contributed by atoms with Gasteiger partial charge in [0.1, 0.15) is 0 Å². The molecule has 0 saturated heterocycles. The first-order valence-electron chi connectivity index (χ1n) is 7.43. The molecule has 2 rings (SSSR count). The van der Waals surface area contributed by atoms with Crippen LogP contribution >= 0.6 is 11.6 Å². The van der Waals surface area contributed by atoms with Crippen molar-refractivity contribution >= 4 is 29.1 Å². The molecule has 120 valence electrons. The summed E-state index contributed by atoms with van der Waals surface area (Å²) in [6, 6.07) is 12.9. The van der Waals surface area contributed by atoms with E-state index in [1.54, 1.807) is 24.3 Å². The molecule has 0 aromatic heterocycles. The minimum atomic E-state index is -0.664. The van der Waals surface area contributed by atoms with Crippen LogP contribution in [0.4, 0.5) is 5.69 Å². The minimum Gasteiger partial charge on any atom is -0.344 e. The first kappa shape index (κ1) is 17.0. The molecule has 0 unspecified atom stereocenters. The van der Waals surface area contributed by atoms with Crippen molar-refractivity contribution < 1.29 is 9.59 Å². The fourth-order valence-electron chi connectivity index (χ4n) is 2.24. The van der Waals surface area contributed by atoms with E-state index in [-0.39, 0.29) is 6.54 Å². The molecule has 0 aliphatic rings. The summed E-state index contributed by atoms with van der Waals surface area (Å²) in [6.45, 7) is 4.18. The number of aryl methyl sites for hydroxylation is 2. The lowest BCUT2D eigenvalue weighted by atomic mass is 10.1. The van der Waals surface area contributed by atoms with E-state index in [0.29, 0.717) is 10.7 Å². The van der Waals surface area contributed by atoms with Gasteiger partial charge in [0, 0.05) is 17.3 Å². The zero-order valence-corrected chi connectivity index (χ0v) is 13.9. The predicted octanol–water partition coefficient (Wildman–Crippen LogP) is 3.47. The van der Waals surface area contributed by atoms with E-state index < -0.39 is 11.8 Å². The largest absolute Gasteiger partial charge is 0.344 e. The lowest BCUT2D eigenvalue weighted by Gasteiger charge is -2.12. The first-order valence-corrected chi connectivity index (χ1v) is 7.81. The number of para-hydroxylation sites is 1. The average Bonchev–Trinajstić information content (AvgIpc) is 2.55. The number of hydrogen-bond donors (Lipinski definition) is 2. The normalized spacial score (nSPS) is 10.2. The summed E-state index contributed by atoms with van der Waals surface area (Å²) in [5, 5.41) is 5.93. The Hall–Kier alpha value is -2.33. The Labute approximate surface area is 140 Å². The van der Waals surface area contributed by atoms with Crippen molar-refractivity contribution in [1.82, 2.24) is 5.32 Å². The molecule has 2 aromatic carbocycles. The van der Waals surface area contributed by atoms with Crippen LogP contribution in [0.5, 0.6) is 0 Å². The van der Waals surface area contributed by atoms with Crippen LogP contribution in [0.25, 0.3) is 0 Å². The van der Waals surface area contributed by atoms with Crippen LogP contribution in [-0.2, 0) is 22.6 Å². The highest BCUT2D eigenvalue weighted by molar-refractivity contribution is 6.39. The zero-order valence-electron chi connectivity index (χ0n) is 13.2. The lowest BCUT2D eigenvalue weighted by Crippen LogP contribution is -2.35. The number of nitrogens with one attached hydrogen (secondary N) is 2. The number of hydrogen-bond acceptors (Lipinski definition) is 2. The summed E-state index contributed by atoms with van der Waals surface area (Å²) in [5.74, 6) is -1.33. The van der Waals surface area contributed by atoms with Crippen LogP contribution in [0.15, 0.2) is 42.5 Å². The van der Waals surface area contributed by atoms with E-state index in [1.165, 1.54) is 0 Å². The number of amides is 2. The Bertz CT molecular complexity index is 711. The van der Waals surface area contributed by atoms with Crippen LogP contribution in [0, 0.1) is 6.92 Å². The van der Waals surface area contributed by atoms with Crippen molar-refractivity contribution in [3.63, 3.8) is 0 Å². The Kier molecular flexibility index (Phi) is 5.77. The van der Waals surface area contributed by atoms with Gasteiger partial charge in [-0.2, -0.15) is 0 Å². The summed E-state index contributed by atoms with van der Waals surface area (Å²) >= 11 is 5.81. The summed E-state index contributed by atoms with van der Waals surface area (Å²) in [6.07, 6.45) is 0.781. The molecule has 23 heavy (non-hydrogen) atoms. The molecule has 0 saturated carbocycles. The van der Waals surface area contributed by atoms with Gasteiger partial charge in [-0.05, 0) is 42.2 Å². The van der Waals surface area contributed by atoms with E-state index in [9.17, 15) is 9.59 Å². The minimum absolute atomic E-state index is 0.276. The molecule has 0 heterocycles. The van der Waals surface area contributed by atoms with Gasteiger partial charge in [-0.3, -0.25) is 9.59 Å². The van der Waals surface area contributed by atoms with Crippen LogP contribution in [0.1, 0.15) is 23.6 Å². The van der Waals surface area contributed by atoms with Crippen LogP contribution in [0.3, 0.4) is 0 Å². The number of carbonyl (C=O) groups excluding carboxylic acids is 2. The first-order chi connectivity index (χ1) is 11.0. The third-order valence-electron chi connectivity index (χ3n) is 3.55. The van der Waals surface area contributed by atoms with Crippen molar-refractivity contribution in [3.05, 3.63) is 64.2 Å². The van der Waals surface area contributed by atoms with Crippen molar-refractivity contribution in [1.29, 1.82) is 0 Å². The maximum atomic E-state index is 12.1. The number of halogens is 1. The van der Waals surface area contributed by atoms with Gasteiger partial charge in [0.25, 0.3) is 0 Å². The molecule has 0 bridgehead atoms. The monoisotopic (exact) mass is 330 g/mol. The molecule has 2 amide bonds. The molecule has 0 spiro atoms. The Balaban J connectivity index is 1.98. The second-order valence-electron chi connectivity index (χ2n) is 5.23. The number of rotatable bonds is 4. The molecule has 2 N–H and O–H groups in total. The third-order valence-corrected chi connectivity index (χ3v) is 3.80. The molecule has 0 fully saturated rings. The number of benzene rings is 2. The van der Waals surface area contributed by atoms with Crippen molar-refractivity contribution in [2.45, 2.75) is 26.8 Å². The van der Waals surface area contributed by atoms with Crippen molar-refractivity contribution in [2.24, 2.45) is 0 Å². The zero-order chi connectivity index (χ0) is 16.8. The second-order valence-corrected chi connectivity index (χ2v) is 5.66. The van der Waals surface area contributed by atoms with Gasteiger partial charge in [0.05, 0.1) is 0 Å². The molecule has 2 aromatic rings. The van der Waals surface area contributed by atoms with Gasteiger partial charge in [0.2, 0.25) is 0 Å². The standard InChI is InChI=1S/C18H19ClN2O2/c1-3-14-6-4-5-12(2)16(14)21-18(23)17(22)20-11-13-7-9-15(19)10-8-13/h4-10H,3,11H2,1-2H3,(H,20,22)(H,21,23). The lowest BCUT2D eigenvalue weighted by molar-refractivity contribution is -0.136.